The van der Waals surface area contributed by atoms with Gasteiger partial charge in [0.25, 0.3) is 0 Å². The van der Waals surface area contributed by atoms with Crippen LogP contribution >= 0.6 is 0 Å². The number of nitrogens with one attached hydrogen (secondary N) is 1. The van der Waals surface area contributed by atoms with Gasteiger partial charge in [0.15, 0.2) is 5.82 Å². The molecule has 0 aromatic carbocycles. The molecule has 1 aromatic heterocycles. The molecule has 0 saturated carbocycles. The molecular formula is C8H15N5O2S. The molecule has 8 heteroatoms. The average Bonchev–Trinajstić information content (AvgIpc) is 2.20. The lowest BCUT2D eigenvalue weighted by Gasteiger charge is -2.12. The highest BCUT2D eigenvalue weighted by Crippen LogP contribution is 2.10. The van der Waals surface area contributed by atoms with Crippen LogP contribution in [0.3, 0.4) is 0 Å². The van der Waals surface area contributed by atoms with Gasteiger partial charge < -0.3 is 11.1 Å². The Labute approximate surface area is 94.7 Å². The summed E-state index contributed by atoms with van der Waals surface area (Å²) in [7, 11) is -0.206. The quantitative estimate of drug-likeness (QED) is 0.715. The van der Waals surface area contributed by atoms with Crippen molar-refractivity contribution in [2.75, 3.05) is 37.4 Å². The Kier molecular flexibility index (Phi) is 4.02. The summed E-state index contributed by atoms with van der Waals surface area (Å²) >= 11 is 0. The van der Waals surface area contributed by atoms with Gasteiger partial charge in [-0.1, -0.05) is 0 Å². The monoisotopic (exact) mass is 245 g/mol. The normalized spacial score (nSPS) is 11.7. The fourth-order valence-corrected chi connectivity index (χ4v) is 1.69. The van der Waals surface area contributed by atoms with Gasteiger partial charge in [-0.05, 0) is 0 Å². The molecule has 16 heavy (non-hydrogen) atoms. The molecule has 0 fully saturated rings. The van der Waals surface area contributed by atoms with Crippen LogP contribution in [0.25, 0.3) is 0 Å². The van der Waals surface area contributed by atoms with E-state index in [4.69, 9.17) is 5.73 Å². The Hall–Kier alpha value is -1.41. The Balaban J connectivity index is 2.52. The van der Waals surface area contributed by atoms with E-state index in [2.05, 4.69) is 15.3 Å². The largest absolute Gasteiger partial charge is 0.394 e. The minimum Gasteiger partial charge on any atom is -0.394 e. The number of hydrogen-bond donors (Lipinski definition) is 2. The van der Waals surface area contributed by atoms with E-state index in [1.54, 1.807) is 0 Å². The molecule has 0 unspecified atom stereocenters. The number of nitrogens with zero attached hydrogens (tertiary/aromatic N) is 3. The van der Waals surface area contributed by atoms with Gasteiger partial charge in [-0.25, -0.2) is 22.7 Å². The first-order valence-electron chi connectivity index (χ1n) is 4.63. The van der Waals surface area contributed by atoms with E-state index >= 15 is 0 Å². The Morgan fingerprint density at radius 3 is 2.75 bits per heavy atom. The van der Waals surface area contributed by atoms with Crippen molar-refractivity contribution in [1.29, 1.82) is 0 Å². The molecule has 0 saturated heterocycles. The fourth-order valence-electron chi connectivity index (χ4n) is 0.969. The number of hydrogen-bond acceptors (Lipinski definition) is 6. The molecule has 1 rings (SSSR count). The van der Waals surface area contributed by atoms with Crippen LogP contribution in [0.5, 0.6) is 0 Å². The van der Waals surface area contributed by atoms with Crippen LogP contribution in [-0.2, 0) is 10.0 Å². The van der Waals surface area contributed by atoms with Gasteiger partial charge in [-0.3, -0.25) is 0 Å². The Morgan fingerprint density at radius 1 is 1.50 bits per heavy atom. The Morgan fingerprint density at radius 2 is 2.19 bits per heavy atom. The average molecular weight is 245 g/mol. The second-order valence-electron chi connectivity index (χ2n) is 3.35. The first-order chi connectivity index (χ1) is 7.43. The molecule has 0 amide bonds. The zero-order valence-electron chi connectivity index (χ0n) is 9.21. The molecule has 0 aliphatic heterocycles. The molecule has 0 radical (unpaired) electrons. The van der Waals surface area contributed by atoms with Crippen molar-refractivity contribution in [2.24, 2.45) is 0 Å². The summed E-state index contributed by atoms with van der Waals surface area (Å²) in [6.45, 7) is 0.252. The number of sulfonamides is 1. The molecule has 0 atom stereocenters. The lowest BCUT2D eigenvalue weighted by molar-refractivity contribution is 0.521. The molecule has 7 nitrogen and oxygen atoms in total. The zero-order chi connectivity index (χ0) is 12.2. The zero-order valence-corrected chi connectivity index (χ0v) is 10.0. The van der Waals surface area contributed by atoms with Gasteiger partial charge in [0, 0.05) is 20.6 Å². The maximum absolute atomic E-state index is 11.4. The van der Waals surface area contributed by atoms with Gasteiger partial charge in [0.05, 0.1) is 17.6 Å². The Bertz CT molecular complexity index is 445. The second-order valence-corrected chi connectivity index (χ2v) is 5.65. The maximum atomic E-state index is 11.4. The molecule has 0 spiro atoms. The van der Waals surface area contributed by atoms with Crippen LogP contribution in [0.2, 0.25) is 0 Å². The van der Waals surface area contributed by atoms with Crippen LogP contribution in [0, 0.1) is 0 Å². The number of nitrogen functional groups attached to an aromatic ring is 1. The molecule has 3 N–H and O–H groups in total. The molecule has 0 aliphatic carbocycles. The molecule has 1 aromatic rings. The van der Waals surface area contributed by atoms with Crippen molar-refractivity contribution < 1.29 is 8.42 Å². The van der Waals surface area contributed by atoms with E-state index in [0.29, 0.717) is 11.5 Å². The van der Waals surface area contributed by atoms with Crippen molar-refractivity contribution in [3.63, 3.8) is 0 Å². The van der Waals surface area contributed by atoms with E-state index in [-0.39, 0.29) is 12.3 Å². The minimum atomic E-state index is -3.19. The van der Waals surface area contributed by atoms with Crippen molar-refractivity contribution in [2.45, 2.75) is 0 Å². The van der Waals surface area contributed by atoms with Crippen molar-refractivity contribution in [3.8, 4) is 0 Å². The molecule has 90 valence electrons. The number of aromatic nitrogens is 2. The first kappa shape index (κ1) is 12.7. The smallest absolute Gasteiger partial charge is 0.215 e. The van der Waals surface area contributed by atoms with E-state index in [1.807, 2.05) is 0 Å². The highest BCUT2D eigenvalue weighted by molar-refractivity contribution is 7.89. The third-order valence-corrected chi connectivity index (χ3v) is 3.78. The van der Waals surface area contributed by atoms with Crippen LogP contribution in [0.1, 0.15) is 0 Å². The number of rotatable bonds is 5. The third-order valence-electron chi connectivity index (χ3n) is 1.95. The summed E-state index contributed by atoms with van der Waals surface area (Å²) in [5.41, 5.74) is 5.98. The molecule has 1 heterocycles. The SMILES string of the molecule is CN(C)S(=O)(=O)CCNc1ncncc1N. The van der Waals surface area contributed by atoms with Gasteiger partial charge >= 0.3 is 0 Å². The van der Waals surface area contributed by atoms with Crippen molar-refractivity contribution >= 4 is 21.5 Å². The lowest BCUT2D eigenvalue weighted by atomic mass is 10.5. The summed E-state index contributed by atoms with van der Waals surface area (Å²) in [5, 5.41) is 2.84. The molecule has 0 bridgehead atoms. The topological polar surface area (TPSA) is 101 Å². The highest BCUT2D eigenvalue weighted by Gasteiger charge is 2.12. The summed E-state index contributed by atoms with van der Waals surface area (Å²) in [5.74, 6) is 0.438. The van der Waals surface area contributed by atoms with E-state index in [1.165, 1.54) is 30.9 Å². The first-order valence-corrected chi connectivity index (χ1v) is 6.24. The summed E-state index contributed by atoms with van der Waals surface area (Å²) in [6.07, 6.45) is 2.80. The molecular weight excluding hydrogens is 230 g/mol. The standard InChI is InChI=1S/C8H15N5O2S/c1-13(2)16(14,15)4-3-11-8-7(9)5-10-6-12-8/h5-6H,3-4,9H2,1-2H3,(H,10,11,12). The number of anilines is 2. The van der Waals surface area contributed by atoms with Crippen molar-refractivity contribution in [1.82, 2.24) is 14.3 Å². The van der Waals surface area contributed by atoms with Crippen LogP contribution in [-0.4, -0.2) is 49.1 Å². The fraction of sp³-hybridized carbons (Fsp3) is 0.500. The lowest BCUT2D eigenvalue weighted by Crippen LogP contribution is -2.28. The highest BCUT2D eigenvalue weighted by atomic mass is 32.2. The summed E-state index contributed by atoms with van der Waals surface area (Å²) in [4.78, 5) is 7.61. The van der Waals surface area contributed by atoms with Crippen LogP contribution in [0.15, 0.2) is 12.5 Å². The van der Waals surface area contributed by atoms with E-state index in [9.17, 15) is 8.42 Å². The van der Waals surface area contributed by atoms with E-state index in [0.717, 1.165) is 0 Å². The predicted octanol–water partition coefficient (Wildman–Crippen LogP) is -0.638. The number of nitrogens with two attached hydrogens (primary N) is 1. The van der Waals surface area contributed by atoms with Crippen LogP contribution in [0.4, 0.5) is 11.5 Å². The van der Waals surface area contributed by atoms with Crippen LogP contribution < -0.4 is 11.1 Å². The van der Waals surface area contributed by atoms with Gasteiger partial charge in [0.1, 0.15) is 6.33 Å². The third kappa shape index (κ3) is 3.31. The summed E-state index contributed by atoms with van der Waals surface area (Å²) in [6, 6.07) is 0. The maximum Gasteiger partial charge on any atom is 0.215 e. The van der Waals surface area contributed by atoms with E-state index < -0.39 is 10.0 Å². The van der Waals surface area contributed by atoms with Gasteiger partial charge in [-0.2, -0.15) is 0 Å². The second kappa shape index (κ2) is 5.08. The van der Waals surface area contributed by atoms with Crippen molar-refractivity contribution in [3.05, 3.63) is 12.5 Å². The molecule has 0 aliphatic rings. The predicted molar refractivity (Wildman–Crippen MR) is 62.4 cm³/mol. The summed E-state index contributed by atoms with van der Waals surface area (Å²) < 4.78 is 24.0. The van der Waals surface area contributed by atoms with Gasteiger partial charge in [-0.15, -0.1) is 0 Å². The van der Waals surface area contributed by atoms with Gasteiger partial charge in [0.2, 0.25) is 10.0 Å². The minimum absolute atomic E-state index is 0.0105.